The molecule has 0 aliphatic rings. The van der Waals surface area contributed by atoms with E-state index >= 15 is 0 Å². The van der Waals surface area contributed by atoms with Crippen molar-refractivity contribution in [2.45, 2.75) is 6.92 Å². The van der Waals surface area contributed by atoms with Gasteiger partial charge in [-0.15, -0.1) is 0 Å². The van der Waals surface area contributed by atoms with E-state index in [0.29, 0.717) is 11.3 Å². The van der Waals surface area contributed by atoms with Gasteiger partial charge in [0.1, 0.15) is 5.75 Å². The van der Waals surface area contributed by atoms with Crippen molar-refractivity contribution in [1.29, 1.82) is 0 Å². The summed E-state index contributed by atoms with van der Waals surface area (Å²) in [6.07, 6.45) is 1.37. The van der Waals surface area contributed by atoms with Gasteiger partial charge in [-0.3, -0.25) is 0 Å². The lowest BCUT2D eigenvalue weighted by atomic mass is 10.1. The van der Waals surface area contributed by atoms with Crippen LogP contribution in [0.3, 0.4) is 0 Å². The number of carbonyl (C=O) groups is 1. The molecule has 0 spiro atoms. The average Bonchev–Trinajstić information content (AvgIpc) is 2.90. The van der Waals surface area contributed by atoms with Gasteiger partial charge in [0.2, 0.25) is 5.76 Å². The molecule has 0 aliphatic heterocycles. The van der Waals surface area contributed by atoms with Crippen LogP contribution in [0, 0.1) is 0 Å². The number of phenols is 1. The topological polar surface area (TPSA) is 72.0 Å². The summed E-state index contributed by atoms with van der Waals surface area (Å²) >= 11 is 0. The second-order valence-corrected chi connectivity index (χ2v) is 3.55. The Morgan fingerprint density at radius 1 is 1.28 bits per heavy atom. The number of para-hydroxylation sites is 1. The number of aromatic hydroxyl groups is 1. The molecule has 0 radical (unpaired) electrons. The maximum Gasteiger partial charge on any atom is 0.400 e. The summed E-state index contributed by atoms with van der Waals surface area (Å²) < 4.78 is 4.86. The van der Waals surface area contributed by atoms with Crippen LogP contribution in [0.2, 0.25) is 0 Å². The fourth-order valence-electron chi connectivity index (χ4n) is 1.38. The Morgan fingerprint density at radius 3 is 2.72 bits per heavy atom. The van der Waals surface area contributed by atoms with Gasteiger partial charge in [-0.05, 0) is 31.2 Å². The Kier molecular flexibility index (Phi) is 3.43. The molecule has 2 rings (SSSR count). The van der Waals surface area contributed by atoms with Crippen LogP contribution in [-0.2, 0) is 4.84 Å². The van der Waals surface area contributed by atoms with Gasteiger partial charge in [-0.25, -0.2) is 4.79 Å². The van der Waals surface area contributed by atoms with Crippen molar-refractivity contribution in [3.05, 3.63) is 54.0 Å². The molecule has 0 amide bonds. The number of furan rings is 1. The van der Waals surface area contributed by atoms with Gasteiger partial charge in [-0.2, -0.15) is 0 Å². The van der Waals surface area contributed by atoms with Crippen LogP contribution < -0.4 is 0 Å². The average molecular weight is 245 g/mol. The monoisotopic (exact) mass is 245 g/mol. The number of benzene rings is 1. The van der Waals surface area contributed by atoms with Crippen LogP contribution >= 0.6 is 0 Å². The first kappa shape index (κ1) is 11.9. The normalized spacial score (nSPS) is 11.3. The largest absolute Gasteiger partial charge is 0.507 e. The van der Waals surface area contributed by atoms with Crippen LogP contribution in [0.5, 0.6) is 5.75 Å². The van der Waals surface area contributed by atoms with E-state index in [1.54, 1.807) is 31.2 Å². The van der Waals surface area contributed by atoms with Crippen LogP contribution in [0.1, 0.15) is 23.0 Å². The van der Waals surface area contributed by atoms with E-state index in [-0.39, 0.29) is 11.5 Å². The molecule has 0 saturated carbocycles. The summed E-state index contributed by atoms with van der Waals surface area (Å²) in [6.45, 7) is 1.63. The minimum atomic E-state index is -0.685. The molecule has 0 saturated heterocycles. The Labute approximate surface area is 103 Å². The van der Waals surface area contributed by atoms with E-state index in [1.807, 2.05) is 0 Å². The summed E-state index contributed by atoms with van der Waals surface area (Å²) in [5.74, 6) is -0.536. The van der Waals surface area contributed by atoms with Gasteiger partial charge in [0.15, 0.2) is 0 Å². The van der Waals surface area contributed by atoms with Gasteiger partial charge in [0.25, 0.3) is 0 Å². The smallest absolute Gasteiger partial charge is 0.400 e. The second-order valence-electron chi connectivity index (χ2n) is 3.55. The molecule has 92 valence electrons. The third-order valence-electron chi connectivity index (χ3n) is 2.28. The van der Waals surface area contributed by atoms with Crippen molar-refractivity contribution in [1.82, 2.24) is 0 Å². The Balaban J connectivity index is 2.11. The molecule has 5 heteroatoms. The zero-order valence-corrected chi connectivity index (χ0v) is 9.66. The SMILES string of the molecule is C/C(=N\OC(=O)c1ccco1)c1ccccc1O. The van der Waals surface area contributed by atoms with Crippen LogP contribution in [0.15, 0.2) is 52.2 Å². The summed E-state index contributed by atoms with van der Waals surface area (Å²) in [5, 5.41) is 13.2. The number of rotatable bonds is 3. The molecule has 0 atom stereocenters. The molecule has 0 unspecified atom stereocenters. The number of hydrogen-bond acceptors (Lipinski definition) is 5. The number of hydrogen-bond donors (Lipinski definition) is 1. The fraction of sp³-hybridized carbons (Fsp3) is 0.0769. The molecule has 0 aliphatic carbocycles. The highest BCUT2D eigenvalue weighted by Crippen LogP contribution is 2.16. The first-order valence-electron chi connectivity index (χ1n) is 5.26. The lowest BCUT2D eigenvalue weighted by molar-refractivity contribution is 0.0480. The summed E-state index contributed by atoms with van der Waals surface area (Å²) in [4.78, 5) is 16.1. The predicted octanol–water partition coefficient (Wildman–Crippen LogP) is 2.57. The highest BCUT2D eigenvalue weighted by Gasteiger charge is 2.11. The van der Waals surface area contributed by atoms with Gasteiger partial charge in [0.05, 0.1) is 12.0 Å². The lowest BCUT2D eigenvalue weighted by Gasteiger charge is -2.02. The number of nitrogens with zero attached hydrogens (tertiary/aromatic N) is 1. The zero-order valence-electron chi connectivity index (χ0n) is 9.66. The zero-order chi connectivity index (χ0) is 13.0. The van der Waals surface area contributed by atoms with Gasteiger partial charge >= 0.3 is 5.97 Å². The molecule has 18 heavy (non-hydrogen) atoms. The van der Waals surface area contributed by atoms with Gasteiger partial charge < -0.3 is 14.4 Å². The molecule has 5 nitrogen and oxygen atoms in total. The predicted molar refractivity (Wildman–Crippen MR) is 64.4 cm³/mol. The van der Waals surface area contributed by atoms with E-state index in [4.69, 9.17) is 9.25 Å². The fourth-order valence-corrected chi connectivity index (χ4v) is 1.38. The molecular formula is C13H11NO4. The number of oxime groups is 1. The van der Waals surface area contributed by atoms with Crippen molar-refractivity contribution in [3.8, 4) is 5.75 Å². The van der Waals surface area contributed by atoms with Gasteiger partial charge in [-0.1, -0.05) is 17.3 Å². The van der Waals surface area contributed by atoms with Crippen LogP contribution in [0.25, 0.3) is 0 Å². The van der Waals surface area contributed by atoms with E-state index in [1.165, 1.54) is 18.4 Å². The van der Waals surface area contributed by atoms with Crippen molar-refractivity contribution in [2.24, 2.45) is 5.16 Å². The molecule has 1 heterocycles. The standard InChI is InChI=1S/C13H11NO4/c1-9(10-5-2-3-6-11(10)15)14-18-13(16)12-7-4-8-17-12/h2-8,15H,1H3/b14-9+. The molecule has 1 aromatic heterocycles. The van der Waals surface area contributed by atoms with E-state index in [9.17, 15) is 9.90 Å². The maximum absolute atomic E-state index is 11.4. The summed E-state index contributed by atoms with van der Waals surface area (Å²) in [7, 11) is 0. The Morgan fingerprint density at radius 2 is 2.06 bits per heavy atom. The summed E-state index contributed by atoms with van der Waals surface area (Å²) in [6, 6.07) is 9.71. The minimum Gasteiger partial charge on any atom is -0.507 e. The highest BCUT2D eigenvalue weighted by molar-refractivity contribution is 6.01. The van der Waals surface area contributed by atoms with Crippen molar-refractivity contribution in [2.75, 3.05) is 0 Å². The third kappa shape index (κ3) is 2.57. The van der Waals surface area contributed by atoms with Crippen molar-refractivity contribution >= 4 is 11.7 Å². The second kappa shape index (κ2) is 5.18. The maximum atomic E-state index is 11.4. The summed E-state index contributed by atoms with van der Waals surface area (Å²) in [5.41, 5.74) is 0.901. The van der Waals surface area contributed by atoms with Crippen LogP contribution in [0.4, 0.5) is 0 Å². The van der Waals surface area contributed by atoms with Crippen LogP contribution in [-0.4, -0.2) is 16.8 Å². The first-order valence-corrected chi connectivity index (χ1v) is 5.26. The highest BCUT2D eigenvalue weighted by atomic mass is 16.7. The molecule has 0 bridgehead atoms. The molecule has 2 aromatic rings. The van der Waals surface area contributed by atoms with Crippen molar-refractivity contribution in [3.63, 3.8) is 0 Å². The number of carbonyl (C=O) groups excluding carboxylic acids is 1. The minimum absolute atomic E-state index is 0.0730. The van der Waals surface area contributed by atoms with Crippen molar-refractivity contribution < 1.29 is 19.2 Å². The van der Waals surface area contributed by atoms with E-state index < -0.39 is 5.97 Å². The molecular weight excluding hydrogens is 234 g/mol. The van der Waals surface area contributed by atoms with Gasteiger partial charge in [0, 0.05) is 5.56 Å². The number of phenolic OH excluding ortho intramolecular Hbond substituents is 1. The molecule has 0 fully saturated rings. The Hall–Kier alpha value is -2.56. The first-order chi connectivity index (χ1) is 8.68. The lowest BCUT2D eigenvalue weighted by Crippen LogP contribution is -2.03. The quantitative estimate of drug-likeness (QED) is 0.512. The molecule has 1 N–H and O–H groups in total. The van der Waals surface area contributed by atoms with E-state index in [2.05, 4.69) is 5.16 Å². The molecule has 1 aromatic carbocycles. The van der Waals surface area contributed by atoms with E-state index in [0.717, 1.165) is 0 Å². The Bertz CT molecular complexity index is 572. The third-order valence-corrected chi connectivity index (χ3v) is 2.28.